The van der Waals surface area contributed by atoms with Crippen molar-refractivity contribution in [3.05, 3.63) is 106 Å². The summed E-state index contributed by atoms with van der Waals surface area (Å²) in [6.45, 7) is 7.52. The zero-order chi connectivity index (χ0) is 43.7. The maximum atomic E-state index is 13.4. The fraction of sp³-hybridized carbons (Fsp3) is 0.400. The molecule has 1 N–H and O–H groups in total. The lowest BCUT2D eigenvalue weighted by molar-refractivity contribution is -0.136. The number of imide groups is 2. The lowest BCUT2D eigenvalue weighted by Gasteiger charge is -2.43. The van der Waals surface area contributed by atoms with E-state index in [4.69, 9.17) is 26.1 Å². The molecule has 1 unspecified atom stereocenters. The first kappa shape index (κ1) is 43.0. The average molecular weight is 882 g/mol. The van der Waals surface area contributed by atoms with Gasteiger partial charge in [-0.3, -0.25) is 39.1 Å². The summed E-state index contributed by atoms with van der Waals surface area (Å²) in [5, 5.41) is 3.49. The first-order valence-electron chi connectivity index (χ1n) is 20.8. The number of halogens is 1. The van der Waals surface area contributed by atoms with Crippen LogP contribution in [0.4, 0.5) is 5.69 Å². The predicted molar refractivity (Wildman–Crippen MR) is 233 cm³/mol. The van der Waals surface area contributed by atoms with Gasteiger partial charge in [0.25, 0.3) is 17.7 Å². The van der Waals surface area contributed by atoms with Crippen LogP contribution in [0.3, 0.4) is 0 Å². The molecule has 62 heavy (non-hydrogen) atoms. The Balaban J connectivity index is 0.820. The third kappa shape index (κ3) is 8.97. The topological polar surface area (TPSA) is 172 Å². The van der Waals surface area contributed by atoms with Gasteiger partial charge in [-0.05, 0) is 56.4 Å². The number of benzene rings is 3. The van der Waals surface area contributed by atoms with E-state index in [1.807, 2.05) is 24.3 Å². The summed E-state index contributed by atoms with van der Waals surface area (Å²) in [6.07, 6.45) is 4.55. The molecule has 0 spiro atoms. The van der Waals surface area contributed by atoms with Crippen LogP contribution < -0.4 is 25.0 Å². The number of methoxy groups -OCH3 is 1. The Morgan fingerprint density at radius 2 is 1.63 bits per heavy atom. The molecule has 0 saturated carbocycles. The number of amides is 5. The van der Waals surface area contributed by atoms with Crippen LogP contribution in [0.5, 0.6) is 11.5 Å². The van der Waals surface area contributed by atoms with Gasteiger partial charge in [0.15, 0.2) is 6.61 Å². The van der Waals surface area contributed by atoms with Gasteiger partial charge < -0.3 is 23.8 Å². The van der Waals surface area contributed by atoms with E-state index >= 15 is 0 Å². The molecule has 15 nitrogen and oxygen atoms in total. The molecule has 3 fully saturated rings. The largest absolute Gasteiger partial charge is 0.496 e. The molecule has 1 atom stereocenters. The molecule has 4 aliphatic rings. The molecule has 3 saturated heterocycles. The lowest BCUT2D eigenvalue weighted by Crippen LogP contribution is -2.55. The number of hydrogen-bond donors (Lipinski definition) is 1. The number of carbonyl (C=O) groups excluding carboxylic acids is 5. The predicted octanol–water partition coefficient (Wildman–Crippen LogP) is 4.16. The molecule has 0 aliphatic carbocycles. The Morgan fingerprint density at radius 1 is 0.871 bits per heavy atom. The molecule has 4 aliphatic heterocycles. The van der Waals surface area contributed by atoms with Crippen molar-refractivity contribution in [1.82, 2.24) is 30.0 Å². The Kier molecular flexibility index (Phi) is 12.5. The van der Waals surface area contributed by atoms with Crippen LogP contribution in [0.25, 0.3) is 0 Å². The molecule has 17 heteroatoms. The number of ether oxygens (including phenoxy) is 2. The van der Waals surface area contributed by atoms with Crippen molar-refractivity contribution in [2.24, 2.45) is 0 Å². The highest BCUT2D eigenvalue weighted by atomic mass is 35.5. The highest BCUT2D eigenvalue weighted by Gasteiger charge is 2.46. The fourth-order valence-corrected chi connectivity index (χ4v) is 10.4. The number of hydrogen-bond acceptors (Lipinski definition) is 12. The Bertz CT molecular complexity index is 2480. The zero-order valence-electron chi connectivity index (χ0n) is 35.0. The maximum Gasteiger partial charge on any atom is 0.266 e. The Morgan fingerprint density at radius 3 is 2.35 bits per heavy atom. The van der Waals surface area contributed by atoms with E-state index in [0.717, 1.165) is 71.8 Å². The number of nitrogens with zero attached hydrogens (tertiary/aromatic N) is 6. The van der Waals surface area contributed by atoms with Crippen molar-refractivity contribution in [3.63, 3.8) is 0 Å². The summed E-state index contributed by atoms with van der Waals surface area (Å²) in [5.41, 5.74) is 3.78. The SMILES string of the molecule is COc1cc(N2CCC(N3CCN(C(=O)COc4cccc5c4C(=O)N(C4CCC(=O)NC4=O)C5=O)CC3)CC2)ccc1Cc1ncc(Cl)c(Cc2ccccc2P(C)(C)=O)n1. The van der Waals surface area contributed by atoms with Crippen molar-refractivity contribution in [2.45, 2.75) is 50.6 Å². The van der Waals surface area contributed by atoms with Crippen LogP contribution in [0.1, 0.15) is 69.0 Å². The van der Waals surface area contributed by atoms with Crippen molar-refractivity contribution >= 4 is 59.3 Å². The molecule has 5 amide bonds. The van der Waals surface area contributed by atoms with Crippen LogP contribution in [-0.2, 0) is 31.8 Å². The van der Waals surface area contributed by atoms with E-state index in [1.165, 1.54) is 12.1 Å². The summed E-state index contributed by atoms with van der Waals surface area (Å²) in [6, 6.07) is 17.9. The van der Waals surface area contributed by atoms with E-state index in [-0.39, 0.29) is 42.2 Å². The normalized spacial score (nSPS) is 18.8. The third-order valence-corrected chi connectivity index (χ3v) is 14.1. The molecule has 3 aromatic carbocycles. The number of anilines is 1. The monoisotopic (exact) mass is 881 g/mol. The van der Waals surface area contributed by atoms with Gasteiger partial charge in [-0.25, -0.2) is 9.97 Å². The number of rotatable bonds is 12. The number of fused-ring (bicyclic) bond motifs is 1. The van der Waals surface area contributed by atoms with Crippen LogP contribution in [-0.4, -0.2) is 133 Å². The summed E-state index contributed by atoms with van der Waals surface area (Å²) in [4.78, 5) is 80.8. The first-order valence-corrected chi connectivity index (χ1v) is 23.8. The van der Waals surface area contributed by atoms with Gasteiger partial charge >= 0.3 is 0 Å². The second kappa shape index (κ2) is 18.0. The minimum Gasteiger partial charge on any atom is -0.496 e. The van der Waals surface area contributed by atoms with Crippen molar-refractivity contribution in [1.29, 1.82) is 0 Å². The molecular weight excluding hydrogens is 833 g/mol. The second-order valence-corrected chi connectivity index (χ2v) is 20.1. The summed E-state index contributed by atoms with van der Waals surface area (Å²) in [5.74, 6) is -1.19. The smallest absolute Gasteiger partial charge is 0.266 e. The van der Waals surface area contributed by atoms with Gasteiger partial charge in [-0.1, -0.05) is 48.0 Å². The van der Waals surface area contributed by atoms with Gasteiger partial charge in [0.05, 0.1) is 29.0 Å². The molecule has 5 heterocycles. The summed E-state index contributed by atoms with van der Waals surface area (Å²) < 4.78 is 24.7. The average Bonchev–Trinajstić information content (AvgIpc) is 3.52. The van der Waals surface area contributed by atoms with E-state index < -0.39 is 36.8 Å². The number of nitrogens with one attached hydrogen (secondary N) is 1. The Labute approximate surface area is 365 Å². The minimum atomic E-state index is -2.49. The van der Waals surface area contributed by atoms with E-state index in [9.17, 15) is 28.5 Å². The number of piperazine rings is 1. The van der Waals surface area contributed by atoms with Gasteiger partial charge in [0, 0.05) is 93.4 Å². The third-order valence-electron chi connectivity index (χ3n) is 12.2. The maximum absolute atomic E-state index is 13.4. The number of carbonyl (C=O) groups is 5. The molecule has 4 aromatic rings. The summed E-state index contributed by atoms with van der Waals surface area (Å²) in [7, 11) is -0.827. The van der Waals surface area contributed by atoms with Gasteiger partial charge in [-0.15, -0.1) is 0 Å². The molecule has 0 bridgehead atoms. The highest BCUT2D eigenvalue weighted by Crippen LogP contribution is 2.37. The second-order valence-electron chi connectivity index (χ2n) is 16.5. The molecule has 1 aromatic heterocycles. The summed E-state index contributed by atoms with van der Waals surface area (Å²) >= 11 is 6.56. The first-order chi connectivity index (χ1) is 29.8. The minimum absolute atomic E-state index is 0.0175. The van der Waals surface area contributed by atoms with E-state index in [1.54, 1.807) is 37.6 Å². The standard InChI is InChI=1S/C45H49ClN7O8P/c1-60-37-25-31(12-11-28(37)24-39-47-26-33(46)34(48-39)23-29-7-4-5-10-38(29)62(2,3)59)50-17-15-30(16-18-50)51-19-21-52(22-20-51)41(55)27-61-36-9-6-8-32-42(36)45(58)53(44(32)57)35-13-14-40(54)49-43(35)56/h4-12,25-26,30,35H,13-24,27H2,1-3H3,(H,49,54,56). The van der Waals surface area contributed by atoms with Gasteiger partial charge in [-0.2, -0.15) is 0 Å². The van der Waals surface area contributed by atoms with Crippen molar-refractivity contribution < 1.29 is 38.0 Å². The fourth-order valence-electron chi connectivity index (χ4n) is 8.93. The molecule has 0 radical (unpaired) electrons. The quantitative estimate of drug-likeness (QED) is 0.160. The van der Waals surface area contributed by atoms with Crippen molar-refractivity contribution in [2.75, 3.05) is 71.2 Å². The molecule has 8 rings (SSSR count). The highest BCUT2D eigenvalue weighted by molar-refractivity contribution is 7.70. The number of piperidine rings is 2. The van der Waals surface area contributed by atoms with Crippen molar-refractivity contribution in [3.8, 4) is 11.5 Å². The van der Waals surface area contributed by atoms with Crippen LogP contribution in [0.15, 0.2) is 66.9 Å². The van der Waals surface area contributed by atoms with E-state index in [0.29, 0.717) is 48.5 Å². The lowest BCUT2D eigenvalue weighted by atomic mass is 10.0. The van der Waals surface area contributed by atoms with E-state index in [2.05, 4.69) is 38.3 Å². The van der Waals surface area contributed by atoms with Gasteiger partial charge in [0.1, 0.15) is 30.5 Å². The zero-order valence-corrected chi connectivity index (χ0v) is 36.6. The van der Waals surface area contributed by atoms with Crippen LogP contribution in [0.2, 0.25) is 5.02 Å². The van der Waals surface area contributed by atoms with Crippen LogP contribution in [0, 0.1) is 0 Å². The van der Waals surface area contributed by atoms with Crippen LogP contribution >= 0.6 is 18.7 Å². The molecular formula is C45H49ClN7O8P. The molecule has 324 valence electrons. The number of aromatic nitrogens is 2. The Hall–Kier alpha value is -5.63. The van der Waals surface area contributed by atoms with Gasteiger partial charge in [0.2, 0.25) is 11.8 Å².